The first-order valence-corrected chi connectivity index (χ1v) is 8.57. The first-order valence-electron chi connectivity index (χ1n) is 8.20. The molecule has 7 nitrogen and oxygen atoms in total. The lowest BCUT2D eigenvalue weighted by Gasteiger charge is -2.14. The molecule has 1 heterocycles. The molecule has 1 aliphatic carbocycles. The molecular formula is C18H16ClN5O2. The molecule has 0 amide bonds. The van der Waals surface area contributed by atoms with Crippen molar-refractivity contribution >= 4 is 39.7 Å². The highest BCUT2D eigenvalue weighted by atomic mass is 35.5. The molecule has 0 saturated carbocycles. The summed E-state index contributed by atoms with van der Waals surface area (Å²) in [5, 5.41) is 18.4. The van der Waals surface area contributed by atoms with Gasteiger partial charge in [0.1, 0.15) is 17.2 Å². The van der Waals surface area contributed by atoms with E-state index >= 15 is 0 Å². The Bertz CT molecular complexity index is 1020. The molecule has 2 aromatic carbocycles. The number of hydrogen-bond acceptors (Lipinski definition) is 6. The number of halogens is 1. The predicted molar refractivity (Wildman–Crippen MR) is 102 cm³/mol. The van der Waals surface area contributed by atoms with Crippen molar-refractivity contribution in [2.45, 2.75) is 18.9 Å². The van der Waals surface area contributed by atoms with Gasteiger partial charge in [0.2, 0.25) is 0 Å². The van der Waals surface area contributed by atoms with Crippen molar-refractivity contribution in [3.8, 4) is 0 Å². The van der Waals surface area contributed by atoms with Crippen LogP contribution in [0.2, 0.25) is 5.02 Å². The molecule has 0 fully saturated rings. The second kappa shape index (κ2) is 6.42. The first-order chi connectivity index (χ1) is 12.5. The number of nitro groups is 1. The number of nitrogens with zero attached hydrogens (tertiary/aromatic N) is 3. The summed E-state index contributed by atoms with van der Waals surface area (Å²) in [6.07, 6.45) is 3.18. The van der Waals surface area contributed by atoms with Crippen LogP contribution in [0.15, 0.2) is 36.7 Å². The molecule has 1 aromatic heterocycles. The van der Waals surface area contributed by atoms with E-state index in [1.807, 2.05) is 7.05 Å². The number of anilines is 2. The van der Waals surface area contributed by atoms with Crippen molar-refractivity contribution in [3.05, 3.63) is 62.9 Å². The molecule has 26 heavy (non-hydrogen) atoms. The van der Waals surface area contributed by atoms with E-state index in [1.54, 1.807) is 0 Å². The van der Waals surface area contributed by atoms with Crippen molar-refractivity contribution in [3.63, 3.8) is 0 Å². The Hall–Kier alpha value is -2.93. The molecule has 0 spiro atoms. The zero-order valence-corrected chi connectivity index (χ0v) is 14.7. The van der Waals surface area contributed by atoms with Gasteiger partial charge in [-0.25, -0.2) is 9.97 Å². The second-order valence-electron chi connectivity index (χ2n) is 6.28. The Balaban J connectivity index is 1.66. The summed E-state index contributed by atoms with van der Waals surface area (Å²) >= 11 is 5.98. The molecule has 8 heteroatoms. The zero-order chi connectivity index (χ0) is 18.3. The first kappa shape index (κ1) is 16.5. The van der Waals surface area contributed by atoms with Crippen LogP contribution in [0.5, 0.6) is 0 Å². The predicted octanol–water partition coefficient (Wildman–Crippen LogP) is 3.81. The summed E-state index contributed by atoms with van der Waals surface area (Å²) in [5.74, 6) is 0.585. The average molecular weight is 370 g/mol. The standard InChI is InChI=1S/C18H16ClN5O2/c1-20-12-3-2-10-4-13(6-11(10)5-12)23-18-14-7-17(24(25)26)15(19)8-16(14)21-9-22-18/h2-3,5,7-9,13,20H,4,6H2,1H3,(H,21,22,23). The lowest BCUT2D eigenvalue weighted by molar-refractivity contribution is -0.384. The second-order valence-corrected chi connectivity index (χ2v) is 6.69. The largest absolute Gasteiger partial charge is 0.388 e. The Kier molecular flexibility index (Phi) is 4.08. The highest BCUT2D eigenvalue weighted by molar-refractivity contribution is 6.33. The SMILES string of the molecule is CNc1ccc2c(c1)CC(Nc1ncnc3cc(Cl)c([N+](=O)[O-])cc13)C2. The van der Waals surface area contributed by atoms with Crippen LogP contribution in [0, 0.1) is 10.1 Å². The molecule has 132 valence electrons. The van der Waals surface area contributed by atoms with E-state index in [0.29, 0.717) is 16.7 Å². The maximum atomic E-state index is 11.2. The molecular weight excluding hydrogens is 354 g/mol. The third-order valence-electron chi connectivity index (χ3n) is 4.67. The monoisotopic (exact) mass is 369 g/mol. The normalized spacial score (nSPS) is 15.7. The minimum atomic E-state index is -0.497. The van der Waals surface area contributed by atoms with E-state index in [0.717, 1.165) is 18.5 Å². The lowest BCUT2D eigenvalue weighted by atomic mass is 10.1. The molecule has 1 atom stereocenters. The number of benzene rings is 2. The Morgan fingerprint density at radius 2 is 2.00 bits per heavy atom. The maximum Gasteiger partial charge on any atom is 0.288 e. The van der Waals surface area contributed by atoms with Gasteiger partial charge in [0.25, 0.3) is 5.69 Å². The van der Waals surface area contributed by atoms with E-state index < -0.39 is 4.92 Å². The molecule has 4 rings (SSSR count). The van der Waals surface area contributed by atoms with Gasteiger partial charge in [0.05, 0.1) is 10.4 Å². The Morgan fingerprint density at radius 1 is 1.19 bits per heavy atom. The number of hydrogen-bond donors (Lipinski definition) is 2. The third-order valence-corrected chi connectivity index (χ3v) is 4.97. The molecule has 3 aromatic rings. The Morgan fingerprint density at radius 3 is 2.77 bits per heavy atom. The van der Waals surface area contributed by atoms with E-state index in [2.05, 4.69) is 38.8 Å². The van der Waals surface area contributed by atoms with Crippen LogP contribution in [-0.2, 0) is 12.8 Å². The fourth-order valence-corrected chi connectivity index (χ4v) is 3.62. The molecule has 1 aliphatic rings. The quantitative estimate of drug-likeness (QED) is 0.536. The van der Waals surface area contributed by atoms with Crippen LogP contribution in [-0.4, -0.2) is 28.0 Å². The summed E-state index contributed by atoms with van der Waals surface area (Å²) in [6, 6.07) is 9.45. The van der Waals surface area contributed by atoms with E-state index in [-0.39, 0.29) is 16.8 Å². The third kappa shape index (κ3) is 2.90. The van der Waals surface area contributed by atoms with Crippen LogP contribution in [0.25, 0.3) is 10.9 Å². The minimum Gasteiger partial charge on any atom is -0.388 e. The molecule has 0 aliphatic heterocycles. The van der Waals surface area contributed by atoms with Crippen LogP contribution in [0.4, 0.5) is 17.2 Å². The van der Waals surface area contributed by atoms with Crippen LogP contribution in [0.1, 0.15) is 11.1 Å². The molecule has 0 saturated heterocycles. The summed E-state index contributed by atoms with van der Waals surface area (Å²) < 4.78 is 0. The summed E-state index contributed by atoms with van der Waals surface area (Å²) in [7, 11) is 1.90. The van der Waals surface area contributed by atoms with Gasteiger partial charge < -0.3 is 10.6 Å². The van der Waals surface area contributed by atoms with Crippen molar-refractivity contribution in [1.29, 1.82) is 0 Å². The average Bonchev–Trinajstić information content (AvgIpc) is 3.02. The van der Waals surface area contributed by atoms with Gasteiger partial charge in [-0.2, -0.15) is 0 Å². The molecule has 0 bridgehead atoms. The lowest BCUT2D eigenvalue weighted by Crippen LogP contribution is -2.20. The number of rotatable bonds is 4. The minimum absolute atomic E-state index is 0.0695. The van der Waals surface area contributed by atoms with E-state index in [1.165, 1.54) is 29.6 Å². The van der Waals surface area contributed by atoms with Gasteiger partial charge in [-0.1, -0.05) is 17.7 Å². The molecule has 0 radical (unpaired) electrons. The van der Waals surface area contributed by atoms with E-state index in [4.69, 9.17) is 11.6 Å². The summed E-state index contributed by atoms with van der Waals surface area (Å²) in [4.78, 5) is 19.2. The fourth-order valence-electron chi connectivity index (χ4n) is 3.39. The van der Waals surface area contributed by atoms with Gasteiger partial charge in [0.15, 0.2) is 0 Å². The number of fused-ring (bicyclic) bond motifs is 2. The highest BCUT2D eigenvalue weighted by Gasteiger charge is 2.23. The van der Waals surface area contributed by atoms with Crippen LogP contribution < -0.4 is 10.6 Å². The smallest absolute Gasteiger partial charge is 0.288 e. The van der Waals surface area contributed by atoms with Gasteiger partial charge in [-0.3, -0.25) is 10.1 Å². The van der Waals surface area contributed by atoms with E-state index in [9.17, 15) is 10.1 Å². The maximum absolute atomic E-state index is 11.2. The van der Waals surface area contributed by atoms with Crippen LogP contribution >= 0.6 is 11.6 Å². The number of nitro benzene ring substituents is 1. The molecule has 2 N–H and O–H groups in total. The summed E-state index contributed by atoms with van der Waals surface area (Å²) in [5.41, 5.74) is 4.11. The number of nitrogens with one attached hydrogen (secondary N) is 2. The van der Waals surface area contributed by atoms with Gasteiger partial charge in [-0.05, 0) is 42.2 Å². The van der Waals surface area contributed by atoms with Gasteiger partial charge in [-0.15, -0.1) is 0 Å². The van der Waals surface area contributed by atoms with Crippen molar-refractivity contribution < 1.29 is 4.92 Å². The highest BCUT2D eigenvalue weighted by Crippen LogP contribution is 2.33. The number of aromatic nitrogens is 2. The van der Waals surface area contributed by atoms with Crippen molar-refractivity contribution in [2.75, 3.05) is 17.7 Å². The topological polar surface area (TPSA) is 93.0 Å². The molecule has 1 unspecified atom stereocenters. The van der Waals surface area contributed by atoms with Crippen LogP contribution in [0.3, 0.4) is 0 Å². The van der Waals surface area contributed by atoms with Gasteiger partial charge >= 0.3 is 0 Å². The Labute approximate surface area is 154 Å². The fraction of sp³-hybridized carbons (Fsp3) is 0.222. The summed E-state index contributed by atoms with van der Waals surface area (Å²) in [6.45, 7) is 0. The van der Waals surface area contributed by atoms with Crippen molar-refractivity contribution in [1.82, 2.24) is 9.97 Å². The van der Waals surface area contributed by atoms with Crippen molar-refractivity contribution in [2.24, 2.45) is 0 Å². The van der Waals surface area contributed by atoms with Gasteiger partial charge in [0, 0.05) is 30.2 Å². The zero-order valence-electron chi connectivity index (χ0n) is 14.0.